The molecular formula is C25H29ClN2O5. The van der Waals surface area contributed by atoms with Crippen molar-refractivity contribution in [1.29, 1.82) is 0 Å². The fourth-order valence-electron chi connectivity index (χ4n) is 3.70. The van der Waals surface area contributed by atoms with Gasteiger partial charge >= 0.3 is 5.97 Å². The highest BCUT2D eigenvalue weighted by Gasteiger charge is 2.48. The third-order valence-electron chi connectivity index (χ3n) is 5.72. The van der Waals surface area contributed by atoms with Crippen molar-refractivity contribution in [3.8, 4) is 5.75 Å². The lowest BCUT2D eigenvalue weighted by atomic mass is 9.85. The quantitative estimate of drug-likeness (QED) is 0.484. The lowest BCUT2D eigenvalue weighted by Gasteiger charge is -2.44. The van der Waals surface area contributed by atoms with Crippen LogP contribution in [0.15, 0.2) is 42.5 Å². The standard InChI is InChI=1S/C25H29ClN2O5/c1-13(2)20(27)24(31)32-22-21(28-23(30)16-7-6-8-17(26)11-16)18-12-15(14(3)29)9-10-19(18)33-25(22,4)5/h6-13,20-22H,27H2,1-5H3,(H,28,30)/t20-,21-,22+/m0/s1. The molecule has 176 valence electrons. The zero-order valence-electron chi connectivity index (χ0n) is 19.3. The van der Waals surface area contributed by atoms with Crippen LogP contribution in [0.2, 0.25) is 5.02 Å². The summed E-state index contributed by atoms with van der Waals surface area (Å²) in [5, 5.41) is 3.37. The molecule has 1 heterocycles. The van der Waals surface area contributed by atoms with Crippen molar-refractivity contribution >= 4 is 29.3 Å². The minimum Gasteiger partial charge on any atom is -0.484 e. The third-order valence-corrected chi connectivity index (χ3v) is 5.95. The van der Waals surface area contributed by atoms with Gasteiger partial charge in [-0.05, 0) is 63.1 Å². The summed E-state index contributed by atoms with van der Waals surface area (Å²) in [5.41, 5.74) is 6.35. The van der Waals surface area contributed by atoms with Gasteiger partial charge in [-0.25, -0.2) is 0 Å². The SMILES string of the molecule is CC(=O)c1ccc2c(c1)[C@H](NC(=O)c1cccc(Cl)c1)[C@@H](OC(=O)[C@@H](N)C(C)C)C(C)(C)O2. The van der Waals surface area contributed by atoms with E-state index in [1.165, 1.54) is 6.92 Å². The minimum absolute atomic E-state index is 0.138. The molecule has 0 radical (unpaired) electrons. The molecule has 3 atom stereocenters. The molecule has 3 N–H and O–H groups in total. The van der Waals surface area contributed by atoms with Gasteiger partial charge in [-0.15, -0.1) is 0 Å². The van der Waals surface area contributed by atoms with Gasteiger partial charge in [0.15, 0.2) is 11.9 Å². The van der Waals surface area contributed by atoms with E-state index in [0.29, 0.717) is 27.5 Å². The molecule has 0 spiro atoms. The molecule has 1 aliphatic heterocycles. The average molecular weight is 473 g/mol. The second-order valence-electron chi connectivity index (χ2n) is 9.10. The van der Waals surface area contributed by atoms with E-state index in [-0.39, 0.29) is 11.7 Å². The number of hydrogen-bond acceptors (Lipinski definition) is 6. The maximum atomic E-state index is 13.1. The lowest BCUT2D eigenvalue weighted by Crippen LogP contribution is -2.56. The highest BCUT2D eigenvalue weighted by Crippen LogP contribution is 2.42. The summed E-state index contributed by atoms with van der Waals surface area (Å²) in [4.78, 5) is 37.9. The zero-order valence-corrected chi connectivity index (χ0v) is 20.1. The Hall–Kier alpha value is -2.90. The van der Waals surface area contributed by atoms with Crippen LogP contribution in [-0.2, 0) is 9.53 Å². The fraction of sp³-hybridized carbons (Fsp3) is 0.400. The number of amides is 1. The summed E-state index contributed by atoms with van der Waals surface area (Å²) in [6.45, 7) is 8.63. The van der Waals surface area contributed by atoms with Crippen molar-refractivity contribution in [2.24, 2.45) is 11.7 Å². The summed E-state index contributed by atoms with van der Waals surface area (Å²) in [5.74, 6) is -0.797. The predicted octanol–water partition coefficient (Wildman–Crippen LogP) is 4.08. The maximum Gasteiger partial charge on any atom is 0.323 e. The van der Waals surface area contributed by atoms with Crippen molar-refractivity contribution < 1.29 is 23.9 Å². The van der Waals surface area contributed by atoms with Gasteiger partial charge in [-0.2, -0.15) is 0 Å². The monoisotopic (exact) mass is 472 g/mol. The first-order valence-electron chi connectivity index (χ1n) is 10.8. The molecule has 2 aromatic carbocycles. The first-order valence-corrected chi connectivity index (χ1v) is 11.1. The number of nitrogens with one attached hydrogen (secondary N) is 1. The van der Waals surface area contributed by atoms with E-state index >= 15 is 0 Å². The number of hydrogen-bond donors (Lipinski definition) is 2. The van der Waals surface area contributed by atoms with Crippen LogP contribution >= 0.6 is 11.6 Å². The molecule has 0 unspecified atom stereocenters. The Labute approximate surface area is 198 Å². The Kier molecular flexibility index (Phi) is 7.14. The summed E-state index contributed by atoms with van der Waals surface area (Å²) < 4.78 is 12.0. The molecule has 0 saturated heterocycles. The number of fused-ring (bicyclic) bond motifs is 1. The molecule has 0 aromatic heterocycles. The Bertz CT molecular complexity index is 1080. The van der Waals surface area contributed by atoms with E-state index in [1.807, 2.05) is 13.8 Å². The molecular weight excluding hydrogens is 444 g/mol. The summed E-state index contributed by atoms with van der Waals surface area (Å²) in [7, 11) is 0. The summed E-state index contributed by atoms with van der Waals surface area (Å²) in [6, 6.07) is 9.89. The van der Waals surface area contributed by atoms with Gasteiger partial charge in [0.2, 0.25) is 0 Å². The number of Topliss-reactive ketones (excluding diaryl/α,β-unsaturated/α-hetero) is 1. The van der Waals surface area contributed by atoms with Crippen molar-refractivity contribution in [1.82, 2.24) is 5.32 Å². The Balaban J connectivity index is 2.06. The van der Waals surface area contributed by atoms with E-state index in [1.54, 1.807) is 56.3 Å². The van der Waals surface area contributed by atoms with Gasteiger partial charge in [-0.1, -0.05) is 31.5 Å². The van der Waals surface area contributed by atoms with Crippen molar-refractivity contribution in [2.45, 2.75) is 58.4 Å². The smallest absolute Gasteiger partial charge is 0.323 e. The zero-order chi connectivity index (χ0) is 24.5. The molecule has 3 rings (SSSR count). The lowest BCUT2D eigenvalue weighted by molar-refractivity contribution is -0.168. The Morgan fingerprint density at radius 3 is 2.42 bits per heavy atom. The molecule has 0 saturated carbocycles. The van der Waals surface area contributed by atoms with Crippen LogP contribution in [0, 0.1) is 5.92 Å². The topological polar surface area (TPSA) is 108 Å². The second-order valence-corrected chi connectivity index (χ2v) is 9.54. The van der Waals surface area contributed by atoms with Crippen LogP contribution in [-0.4, -0.2) is 35.4 Å². The van der Waals surface area contributed by atoms with Crippen molar-refractivity contribution in [3.63, 3.8) is 0 Å². The van der Waals surface area contributed by atoms with Crippen molar-refractivity contribution in [3.05, 3.63) is 64.2 Å². The Morgan fingerprint density at radius 1 is 1.12 bits per heavy atom. The Morgan fingerprint density at radius 2 is 1.82 bits per heavy atom. The second kappa shape index (κ2) is 9.53. The molecule has 8 heteroatoms. The molecule has 0 fully saturated rings. The maximum absolute atomic E-state index is 13.1. The van der Waals surface area contributed by atoms with Gasteiger partial charge in [0, 0.05) is 21.7 Å². The number of benzene rings is 2. The van der Waals surface area contributed by atoms with Crippen molar-refractivity contribution in [2.75, 3.05) is 0 Å². The molecule has 7 nitrogen and oxygen atoms in total. The van der Waals surface area contributed by atoms with E-state index in [2.05, 4.69) is 5.32 Å². The van der Waals surface area contributed by atoms with E-state index < -0.39 is 35.7 Å². The molecule has 1 amide bonds. The van der Waals surface area contributed by atoms with Crippen LogP contribution in [0.1, 0.15) is 66.9 Å². The largest absolute Gasteiger partial charge is 0.484 e. The highest BCUT2D eigenvalue weighted by molar-refractivity contribution is 6.30. The highest BCUT2D eigenvalue weighted by atomic mass is 35.5. The van der Waals surface area contributed by atoms with Gasteiger partial charge in [0.25, 0.3) is 5.91 Å². The first kappa shape index (κ1) is 24.7. The fourth-order valence-corrected chi connectivity index (χ4v) is 3.89. The van der Waals surface area contributed by atoms with Crippen LogP contribution in [0.3, 0.4) is 0 Å². The molecule has 2 aromatic rings. The summed E-state index contributed by atoms with van der Waals surface area (Å²) >= 11 is 6.05. The van der Waals surface area contributed by atoms with E-state index in [9.17, 15) is 14.4 Å². The summed E-state index contributed by atoms with van der Waals surface area (Å²) in [6.07, 6.45) is -0.910. The van der Waals surface area contributed by atoms with Crippen LogP contribution in [0.4, 0.5) is 0 Å². The number of ether oxygens (including phenoxy) is 2. The van der Waals surface area contributed by atoms with Gasteiger partial charge in [-0.3, -0.25) is 14.4 Å². The number of ketones is 1. The van der Waals surface area contributed by atoms with E-state index in [4.69, 9.17) is 26.8 Å². The molecule has 0 aliphatic carbocycles. The predicted molar refractivity (Wildman–Crippen MR) is 126 cm³/mol. The average Bonchev–Trinajstić information content (AvgIpc) is 2.74. The van der Waals surface area contributed by atoms with Gasteiger partial charge in [0.1, 0.15) is 17.4 Å². The molecule has 33 heavy (non-hydrogen) atoms. The molecule has 1 aliphatic rings. The molecule has 0 bridgehead atoms. The number of carbonyl (C=O) groups is 3. The normalized spacial score (nSPS) is 19.8. The third kappa shape index (κ3) is 5.37. The van der Waals surface area contributed by atoms with Crippen LogP contribution in [0.25, 0.3) is 0 Å². The number of carbonyl (C=O) groups excluding carboxylic acids is 3. The number of rotatable bonds is 6. The van der Waals surface area contributed by atoms with Crippen LogP contribution < -0.4 is 15.8 Å². The van der Waals surface area contributed by atoms with E-state index in [0.717, 1.165) is 0 Å². The number of nitrogens with two attached hydrogens (primary N) is 1. The first-order chi connectivity index (χ1) is 15.4. The van der Waals surface area contributed by atoms with Gasteiger partial charge in [0.05, 0.1) is 6.04 Å². The number of esters is 1. The minimum atomic E-state index is -0.997. The number of halogens is 1. The van der Waals surface area contributed by atoms with Crippen LogP contribution in [0.5, 0.6) is 5.75 Å². The van der Waals surface area contributed by atoms with Gasteiger partial charge < -0.3 is 20.5 Å².